The van der Waals surface area contributed by atoms with Crippen LogP contribution in [0.4, 0.5) is 0 Å². The van der Waals surface area contributed by atoms with E-state index in [2.05, 4.69) is 0 Å². The van der Waals surface area contributed by atoms with Gasteiger partial charge in [-0.05, 0) is 35.4 Å². The van der Waals surface area contributed by atoms with E-state index in [4.69, 9.17) is 14.2 Å². The monoisotopic (exact) mass is 420 g/mol. The summed E-state index contributed by atoms with van der Waals surface area (Å²) in [5.41, 5.74) is 1.30. The van der Waals surface area contributed by atoms with Gasteiger partial charge in [0.05, 0.1) is 13.7 Å². The molecule has 1 fully saturated rings. The number of methoxy groups -OCH3 is 1. The molecule has 1 heterocycles. The van der Waals surface area contributed by atoms with Crippen LogP contribution >= 0.6 is 0 Å². The van der Waals surface area contributed by atoms with Gasteiger partial charge in [0.2, 0.25) is 6.29 Å². The lowest BCUT2D eigenvalue weighted by Crippen LogP contribution is -2.60. The summed E-state index contributed by atoms with van der Waals surface area (Å²) in [7, 11) is 1.49. The van der Waals surface area contributed by atoms with E-state index in [1.54, 1.807) is 30.4 Å². The third-order valence-electron chi connectivity index (χ3n) is 4.69. The quantitative estimate of drug-likeness (QED) is 0.366. The van der Waals surface area contributed by atoms with E-state index in [1.165, 1.54) is 25.3 Å². The van der Waals surface area contributed by atoms with E-state index in [-0.39, 0.29) is 17.2 Å². The van der Waals surface area contributed by atoms with Crippen LogP contribution in [0.5, 0.6) is 23.0 Å². The van der Waals surface area contributed by atoms with Crippen molar-refractivity contribution < 1.29 is 44.8 Å². The van der Waals surface area contributed by atoms with Crippen LogP contribution in [0.1, 0.15) is 11.1 Å². The zero-order valence-electron chi connectivity index (χ0n) is 16.1. The van der Waals surface area contributed by atoms with E-state index in [0.717, 1.165) is 0 Å². The molecule has 1 unspecified atom stereocenters. The molecule has 6 N–H and O–H groups in total. The Hall–Kier alpha value is -2.82. The van der Waals surface area contributed by atoms with Crippen molar-refractivity contribution in [2.75, 3.05) is 13.7 Å². The van der Waals surface area contributed by atoms with Gasteiger partial charge < -0.3 is 44.8 Å². The number of rotatable bonds is 6. The number of aromatic hydroxyl groups is 2. The number of ether oxygens (including phenoxy) is 3. The molecule has 9 nitrogen and oxygen atoms in total. The summed E-state index contributed by atoms with van der Waals surface area (Å²) in [5.74, 6) is 0.274. The molecule has 1 aliphatic heterocycles. The van der Waals surface area contributed by atoms with Crippen LogP contribution in [-0.2, 0) is 4.74 Å². The van der Waals surface area contributed by atoms with Crippen LogP contribution in [0.3, 0.4) is 0 Å². The van der Waals surface area contributed by atoms with Gasteiger partial charge in [-0.2, -0.15) is 0 Å². The molecule has 0 spiro atoms. The van der Waals surface area contributed by atoms with Crippen LogP contribution in [0, 0.1) is 0 Å². The molecule has 162 valence electrons. The summed E-state index contributed by atoms with van der Waals surface area (Å²) in [5, 5.41) is 58.9. The zero-order chi connectivity index (χ0) is 21.8. The van der Waals surface area contributed by atoms with Crippen molar-refractivity contribution in [2.45, 2.75) is 30.7 Å². The fourth-order valence-electron chi connectivity index (χ4n) is 3.03. The van der Waals surface area contributed by atoms with Crippen LogP contribution in [-0.4, -0.2) is 75.1 Å². The van der Waals surface area contributed by atoms with Gasteiger partial charge in [0.25, 0.3) is 0 Å². The lowest BCUT2D eigenvalue weighted by Gasteiger charge is -2.39. The first-order valence-electron chi connectivity index (χ1n) is 9.18. The van der Waals surface area contributed by atoms with Gasteiger partial charge in [0.15, 0.2) is 11.5 Å². The van der Waals surface area contributed by atoms with E-state index < -0.39 is 37.3 Å². The maximum atomic E-state index is 10.1. The number of phenolic OH excluding ortho intramolecular Hbond substituents is 2. The summed E-state index contributed by atoms with van der Waals surface area (Å²) >= 11 is 0. The average Bonchev–Trinajstić information content (AvgIpc) is 2.74. The Morgan fingerprint density at radius 2 is 1.67 bits per heavy atom. The zero-order valence-corrected chi connectivity index (χ0v) is 16.1. The predicted octanol–water partition coefficient (Wildman–Crippen LogP) is 0.455. The average molecular weight is 420 g/mol. The molecule has 0 aliphatic carbocycles. The standard InChI is InChI=1S/C21H24O9/c1-28-14-7-12(6-13(23)9-14)3-2-11-4-5-15(24)16(8-11)29-21-20(27)19(26)18(25)17(10-22)30-21/h2-9,17-27H,10H2,1H3/b3-2+/t17-,18-,19+,20-,21?/m1/s1. The van der Waals surface area contributed by atoms with E-state index in [1.807, 2.05) is 0 Å². The van der Waals surface area contributed by atoms with E-state index in [0.29, 0.717) is 16.9 Å². The lowest BCUT2D eigenvalue weighted by atomic mass is 9.99. The van der Waals surface area contributed by atoms with Gasteiger partial charge in [-0.1, -0.05) is 18.2 Å². The van der Waals surface area contributed by atoms with E-state index >= 15 is 0 Å². The van der Waals surface area contributed by atoms with Gasteiger partial charge >= 0.3 is 0 Å². The second kappa shape index (κ2) is 9.33. The maximum Gasteiger partial charge on any atom is 0.229 e. The number of benzene rings is 2. The molecule has 0 saturated carbocycles. The predicted molar refractivity (Wildman–Crippen MR) is 106 cm³/mol. The highest BCUT2D eigenvalue weighted by Crippen LogP contribution is 2.32. The second-order valence-electron chi connectivity index (χ2n) is 6.84. The largest absolute Gasteiger partial charge is 0.508 e. The van der Waals surface area contributed by atoms with Crippen LogP contribution in [0.2, 0.25) is 0 Å². The molecule has 1 aliphatic rings. The minimum Gasteiger partial charge on any atom is -0.508 e. The van der Waals surface area contributed by atoms with Crippen molar-refractivity contribution in [3.8, 4) is 23.0 Å². The Morgan fingerprint density at radius 1 is 0.933 bits per heavy atom. The number of aliphatic hydroxyl groups is 4. The first-order chi connectivity index (χ1) is 14.3. The highest BCUT2D eigenvalue weighted by atomic mass is 16.7. The summed E-state index contributed by atoms with van der Waals surface area (Å²) in [6, 6.07) is 9.22. The highest BCUT2D eigenvalue weighted by Gasteiger charge is 2.44. The number of aliphatic hydroxyl groups excluding tert-OH is 4. The van der Waals surface area contributed by atoms with E-state index in [9.17, 15) is 30.6 Å². The molecule has 5 atom stereocenters. The maximum absolute atomic E-state index is 10.1. The third-order valence-corrected chi connectivity index (χ3v) is 4.69. The van der Waals surface area contributed by atoms with Gasteiger partial charge in [-0.25, -0.2) is 0 Å². The molecular formula is C21H24O9. The van der Waals surface area contributed by atoms with Crippen LogP contribution in [0.25, 0.3) is 12.2 Å². The summed E-state index contributed by atoms with van der Waals surface area (Å²) in [4.78, 5) is 0. The van der Waals surface area contributed by atoms with Crippen LogP contribution in [0.15, 0.2) is 36.4 Å². The van der Waals surface area contributed by atoms with Gasteiger partial charge in [0.1, 0.15) is 35.9 Å². The van der Waals surface area contributed by atoms with Crippen molar-refractivity contribution in [1.29, 1.82) is 0 Å². The van der Waals surface area contributed by atoms with Crippen molar-refractivity contribution in [3.63, 3.8) is 0 Å². The third kappa shape index (κ3) is 4.84. The lowest BCUT2D eigenvalue weighted by molar-refractivity contribution is -0.277. The molecule has 0 radical (unpaired) electrons. The first kappa shape index (κ1) is 21.9. The van der Waals surface area contributed by atoms with Crippen LogP contribution < -0.4 is 9.47 Å². The first-order valence-corrected chi connectivity index (χ1v) is 9.18. The van der Waals surface area contributed by atoms with Crippen molar-refractivity contribution >= 4 is 12.2 Å². The molecule has 2 aromatic rings. The molecule has 30 heavy (non-hydrogen) atoms. The second-order valence-corrected chi connectivity index (χ2v) is 6.84. The topological polar surface area (TPSA) is 149 Å². The van der Waals surface area contributed by atoms with Crippen molar-refractivity contribution in [1.82, 2.24) is 0 Å². The minimum absolute atomic E-state index is 0.0324. The van der Waals surface area contributed by atoms with Crippen molar-refractivity contribution in [3.05, 3.63) is 47.5 Å². The molecule has 9 heteroatoms. The van der Waals surface area contributed by atoms with Crippen molar-refractivity contribution in [2.24, 2.45) is 0 Å². The Bertz CT molecular complexity index is 896. The molecular weight excluding hydrogens is 396 g/mol. The number of hydrogen-bond acceptors (Lipinski definition) is 9. The molecule has 3 rings (SSSR count). The SMILES string of the molecule is COc1cc(O)cc(/C=C/c2ccc(O)c(OC3O[C@H](CO)[C@@H](O)[C@H](O)[C@H]3O)c2)c1. The minimum atomic E-state index is -1.60. The number of hydrogen-bond donors (Lipinski definition) is 6. The number of phenols is 2. The Balaban J connectivity index is 1.79. The molecule has 0 aromatic heterocycles. The Morgan fingerprint density at radius 3 is 2.37 bits per heavy atom. The molecule has 0 bridgehead atoms. The normalized spacial score (nSPS) is 26.6. The smallest absolute Gasteiger partial charge is 0.229 e. The summed E-state index contributed by atoms with van der Waals surface area (Å²) in [6.45, 7) is -0.590. The van der Waals surface area contributed by atoms with Gasteiger partial charge in [-0.15, -0.1) is 0 Å². The summed E-state index contributed by atoms with van der Waals surface area (Å²) < 4.78 is 15.9. The molecule has 1 saturated heterocycles. The highest BCUT2D eigenvalue weighted by molar-refractivity contribution is 5.72. The van der Waals surface area contributed by atoms with Gasteiger partial charge in [0, 0.05) is 6.07 Å². The van der Waals surface area contributed by atoms with Gasteiger partial charge in [-0.3, -0.25) is 0 Å². The summed E-state index contributed by atoms with van der Waals surface area (Å²) in [6.07, 6.45) is -3.82. The molecule has 0 amide bonds. The fourth-order valence-corrected chi connectivity index (χ4v) is 3.03. The Kier molecular flexibility index (Phi) is 6.80. The Labute approximate surface area is 172 Å². The fraction of sp³-hybridized carbons (Fsp3) is 0.333. The molecule has 2 aromatic carbocycles.